The number of aryl methyl sites for hydroxylation is 1. The van der Waals surface area contributed by atoms with Crippen molar-refractivity contribution >= 4 is 5.97 Å². The highest BCUT2D eigenvalue weighted by Gasteiger charge is 2.11. The molecule has 5 heteroatoms. The lowest BCUT2D eigenvalue weighted by Crippen LogP contribution is -2.03. The summed E-state index contributed by atoms with van der Waals surface area (Å²) in [6.45, 7) is 2.06. The zero-order valence-electron chi connectivity index (χ0n) is 10.3. The van der Waals surface area contributed by atoms with Crippen molar-refractivity contribution in [1.82, 2.24) is 9.78 Å². The number of nitrogens with zero attached hydrogens (tertiary/aromatic N) is 2. The van der Waals surface area contributed by atoms with E-state index in [0.29, 0.717) is 17.9 Å². The Balaban J connectivity index is 2.14. The van der Waals surface area contributed by atoms with E-state index in [2.05, 4.69) is 5.10 Å². The molecule has 0 saturated carbocycles. The molecule has 1 N–H and O–H groups in total. The molecule has 5 nitrogen and oxygen atoms in total. The van der Waals surface area contributed by atoms with E-state index in [1.165, 1.54) is 0 Å². The van der Waals surface area contributed by atoms with Crippen LogP contribution in [0.15, 0.2) is 30.5 Å². The van der Waals surface area contributed by atoms with Gasteiger partial charge in [-0.15, -0.1) is 0 Å². The second kappa shape index (κ2) is 4.91. The zero-order valence-corrected chi connectivity index (χ0v) is 10.3. The Morgan fingerprint density at radius 1 is 1.44 bits per heavy atom. The summed E-state index contributed by atoms with van der Waals surface area (Å²) in [5.41, 5.74) is 1.69. The lowest BCUT2D eigenvalue weighted by atomic mass is 10.1. The van der Waals surface area contributed by atoms with E-state index < -0.39 is 5.97 Å². The van der Waals surface area contributed by atoms with Crippen LogP contribution in [0.25, 0.3) is 0 Å². The first-order valence-corrected chi connectivity index (χ1v) is 5.52. The van der Waals surface area contributed by atoms with E-state index in [4.69, 9.17) is 9.84 Å². The minimum Gasteiger partial charge on any atom is -0.487 e. The fourth-order valence-electron chi connectivity index (χ4n) is 1.69. The van der Waals surface area contributed by atoms with Gasteiger partial charge < -0.3 is 9.84 Å². The zero-order chi connectivity index (χ0) is 13.1. The van der Waals surface area contributed by atoms with Crippen molar-refractivity contribution < 1.29 is 14.6 Å². The number of rotatable bonds is 4. The molecule has 0 spiro atoms. The van der Waals surface area contributed by atoms with E-state index in [1.807, 2.05) is 19.3 Å². The second-order valence-corrected chi connectivity index (χ2v) is 4.00. The third-order valence-electron chi connectivity index (χ3n) is 2.66. The number of carboxylic acids is 1. The molecule has 0 bridgehead atoms. The second-order valence-electron chi connectivity index (χ2n) is 4.00. The maximum absolute atomic E-state index is 11.0. The van der Waals surface area contributed by atoms with Crippen molar-refractivity contribution in [3.63, 3.8) is 0 Å². The van der Waals surface area contributed by atoms with Gasteiger partial charge >= 0.3 is 5.97 Å². The van der Waals surface area contributed by atoms with Crippen LogP contribution in [0.3, 0.4) is 0 Å². The lowest BCUT2D eigenvalue weighted by molar-refractivity contribution is 0.0695. The molecule has 2 aromatic rings. The molecule has 0 aliphatic heterocycles. The van der Waals surface area contributed by atoms with Crippen LogP contribution in [-0.4, -0.2) is 20.9 Å². The molecule has 94 valence electrons. The van der Waals surface area contributed by atoms with Crippen molar-refractivity contribution in [2.75, 3.05) is 0 Å². The molecule has 0 fully saturated rings. The van der Waals surface area contributed by atoms with Crippen LogP contribution >= 0.6 is 0 Å². The Morgan fingerprint density at radius 2 is 2.22 bits per heavy atom. The highest BCUT2D eigenvalue weighted by atomic mass is 16.5. The van der Waals surface area contributed by atoms with Gasteiger partial charge in [0.25, 0.3) is 0 Å². The summed E-state index contributed by atoms with van der Waals surface area (Å²) in [6.07, 6.45) is 1.83. The maximum Gasteiger partial charge on any atom is 0.336 e. The Kier molecular flexibility index (Phi) is 3.32. The fraction of sp³-hybridized carbons (Fsp3) is 0.231. The minimum absolute atomic E-state index is 0.258. The topological polar surface area (TPSA) is 64.4 Å². The highest BCUT2D eigenvalue weighted by Crippen LogP contribution is 2.22. The Morgan fingerprint density at radius 3 is 2.83 bits per heavy atom. The van der Waals surface area contributed by atoms with Gasteiger partial charge in [-0.05, 0) is 25.1 Å². The first-order valence-electron chi connectivity index (χ1n) is 5.52. The van der Waals surface area contributed by atoms with E-state index in [-0.39, 0.29) is 5.56 Å². The molecule has 1 heterocycles. The summed E-state index contributed by atoms with van der Waals surface area (Å²) in [5, 5.41) is 13.2. The molecule has 1 aromatic heterocycles. The number of aromatic carboxylic acids is 1. The van der Waals surface area contributed by atoms with E-state index >= 15 is 0 Å². The Bertz CT molecular complexity index is 575. The van der Waals surface area contributed by atoms with Crippen LogP contribution in [-0.2, 0) is 13.7 Å². The van der Waals surface area contributed by atoms with Crippen LogP contribution in [0.2, 0.25) is 0 Å². The number of ether oxygens (including phenoxy) is 1. The quantitative estimate of drug-likeness (QED) is 0.896. The molecule has 18 heavy (non-hydrogen) atoms. The lowest BCUT2D eigenvalue weighted by Gasteiger charge is -2.09. The molecule has 0 unspecified atom stereocenters. The third-order valence-corrected chi connectivity index (χ3v) is 2.66. The molecule has 0 saturated heterocycles. The van der Waals surface area contributed by atoms with E-state index in [9.17, 15) is 4.79 Å². The molecule has 0 aliphatic carbocycles. The standard InChI is InChI=1S/C13H14N2O3/c1-9-11(13(16)17)4-3-5-12(9)18-8-10-6-7-15(2)14-10/h3-7H,8H2,1-2H3,(H,16,17). The fourth-order valence-corrected chi connectivity index (χ4v) is 1.69. The Labute approximate surface area is 105 Å². The van der Waals surface area contributed by atoms with Gasteiger partial charge in [-0.25, -0.2) is 4.79 Å². The molecular weight excluding hydrogens is 232 g/mol. The van der Waals surface area contributed by atoms with Gasteiger partial charge in [0, 0.05) is 18.8 Å². The van der Waals surface area contributed by atoms with Gasteiger partial charge in [0.1, 0.15) is 12.4 Å². The number of benzene rings is 1. The van der Waals surface area contributed by atoms with Crippen molar-refractivity contribution in [3.8, 4) is 5.75 Å². The number of carbonyl (C=O) groups is 1. The maximum atomic E-state index is 11.0. The van der Waals surface area contributed by atoms with Crippen molar-refractivity contribution in [2.24, 2.45) is 7.05 Å². The molecule has 0 radical (unpaired) electrons. The molecule has 0 atom stereocenters. The number of hydrogen-bond donors (Lipinski definition) is 1. The summed E-state index contributed by atoms with van der Waals surface area (Å²) in [7, 11) is 1.83. The van der Waals surface area contributed by atoms with Crippen molar-refractivity contribution in [1.29, 1.82) is 0 Å². The van der Waals surface area contributed by atoms with Crippen LogP contribution in [0, 0.1) is 6.92 Å². The van der Waals surface area contributed by atoms with Crippen LogP contribution < -0.4 is 4.74 Å². The van der Waals surface area contributed by atoms with Gasteiger partial charge in [-0.2, -0.15) is 5.10 Å². The molecule has 1 aromatic carbocycles. The van der Waals surface area contributed by atoms with Crippen LogP contribution in [0.5, 0.6) is 5.75 Å². The van der Waals surface area contributed by atoms with E-state index in [0.717, 1.165) is 5.69 Å². The summed E-state index contributed by atoms with van der Waals surface area (Å²) < 4.78 is 7.28. The van der Waals surface area contributed by atoms with Gasteiger partial charge in [0.15, 0.2) is 0 Å². The third kappa shape index (κ3) is 2.51. The highest BCUT2D eigenvalue weighted by molar-refractivity contribution is 5.90. The predicted octanol–water partition coefficient (Wildman–Crippen LogP) is 2.01. The van der Waals surface area contributed by atoms with Crippen LogP contribution in [0.1, 0.15) is 21.6 Å². The van der Waals surface area contributed by atoms with Crippen LogP contribution in [0.4, 0.5) is 0 Å². The predicted molar refractivity (Wildman–Crippen MR) is 65.7 cm³/mol. The molecular formula is C13H14N2O3. The van der Waals surface area contributed by atoms with Crippen molar-refractivity contribution in [2.45, 2.75) is 13.5 Å². The SMILES string of the molecule is Cc1c(OCc2ccn(C)n2)cccc1C(=O)O. The van der Waals surface area contributed by atoms with Gasteiger partial charge in [-0.1, -0.05) is 6.07 Å². The smallest absolute Gasteiger partial charge is 0.336 e. The van der Waals surface area contributed by atoms with Gasteiger partial charge in [0.05, 0.1) is 11.3 Å². The van der Waals surface area contributed by atoms with E-state index in [1.54, 1.807) is 29.8 Å². The average Bonchev–Trinajstić information content (AvgIpc) is 2.73. The summed E-state index contributed by atoms with van der Waals surface area (Å²) in [5.74, 6) is -0.378. The normalized spacial score (nSPS) is 10.3. The molecule has 0 amide bonds. The number of aromatic nitrogens is 2. The minimum atomic E-state index is -0.948. The number of hydrogen-bond acceptors (Lipinski definition) is 3. The van der Waals surface area contributed by atoms with Gasteiger partial charge in [-0.3, -0.25) is 4.68 Å². The summed E-state index contributed by atoms with van der Waals surface area (Å²) >= 11 is 0. The van der Waals surface area contributed by atoms with Gasteiger partial charge in [0.2, 0.25) is 0 Å². The molecule has 0 aliphatic rings. The number of carboxylic acid groups (broad SMARTS) is 1. The summed E-state index contributed by atoms with van der Waals surface area (Å²) in [4.78, 5) is 11.0. The first-order chi connectivity index (χ1) is 8.58. The Hall–Kier alpha value is -2.30. The molecule has 2 rings (SSSR count). The first kappa shape index (κ1) is 12.2. The largest absolute Gasteiger partial charge is 0.487 e. The monoisotopic (exact) mass is 246 g/mol. The summed E-state index contributed by atoms with van der Waals surface area (Å²) in [6, 6.07) is 6.84. The average molecular weight is 246 g/mol. The van der Waals surface area contributed by atoms with Crippen molar-refractivity contribution in [3.05, 3.63) is 47.3 Å².